The fourth-order valence-corrected chi connectivity index (χ4v) is 2.90. The van der Waals surface area contributed by atoms with Gasteiger partial charge in [0.15, 0.2) is 0 Å². The van der Waals surface area contributed by atoms with Gasteiger partial charge >= 0.3 is 6.09 Å². The Balaban J connectivity index is 1.92. The Kier molecular flexibility index (Phi) is 6.16. The van der Waals surface area contributed by atoms with Crippen LogP contribution in [0.1, 0.15) is 44.0 Å². The third-order valence-corrected chi connectivity index (χ3v) is 4.19. The molecule has 0 saturated carbocycles. The van der Waals surface area contributed by atoms with E-state index < -0.39 is 11.5 Å². The second-order valence-corrected chi connectivity index (χ2v) is 7.66. The molecule has 2 amide bonds. The van der Waals surface area contributed by atoms with Crippen molar-refractivity contribution in [1.29, 1.82) is 0 Å². The zero-order valence-corrected chi connectivity index (χ0v) is 15.6. The van der Waals surface area contributed by atoms with Gasteiger partial charge in [0.2, 0.25) is 5.91 Å². The number of carbonyl (C=O) groups is 2. The van der Waals surface area contributed by atoms with E-state index in [0.717, 1.165) is 12.8 Å². The molecule has 1 saturated heterocycles. The van der Waals surface area contributed by atoms with Gasteiger partial charge in [0.25, 0.3) is 0 Å². The van der Waals surface area contributed by atoms with Crippen molar-refractivity contribution in [1.82, 2.24) is 4.90 Å². The van der Waals surface area contributed by atoms with Crippen molar-refractivity contribution in [2.45, 2.75) is 39.2 Å². The molecule has 1 heterocycles. The first kappa shape index (κ1) is 19.4. The van der Waals surface area contributed by atoms with Crippen molar-refractivity contribution in [3.8, 4) is 5.75 Å². The first-order valence-electron chi connectivity index (χ1n) is 8.36. The van der Waals surface area contributed by atoms with Crippen LogP contribution in [-0.2, 0) is 4.74 Å². The third kappa shape index (κ3) is 5.81. The highest BCUT2D eigenvalue weighted by Gasteiger charge is 2.28. The molecule has 0 bridgehead atoms. The number of nitrogens with two attached hydrogens (primary N) is 1. The highest BCUT2D eigenvalue weighted by atomic mass is 35.5. The maximum Gasteiger partial charge on any atom is 0.410 e. The highest BCUT2D eigenvalue weighted by Crippen LogP contribution is 2.24. The van der Waals surface area contributed by atoms with Crippen molar-refractivity contribution in [3.05, 3.63) is 28.8 Å². The normalized spacial score (nSPS) is 17.9. The fraction of sp³-hybridized carbons (Fsp3) is 0.556. The maximum absolute atomic E-state index is 12.2. The molecule has 1 aliphatic rings. The number of likely N-dealkylation sites (tertiary alicyclic amines) is 1. The Morgan fingerprint density at radius 2 is 2.08 bits per heavy atom. The average molecular weight is 369 g/mol. The van der Waals surface area contributed by atoms with Gasteiger partial charge in [0.05, 0.1) is 17.2 Å². The Morgan fingerprint density at radius 3 is 2.72 bits per heavy atom. The lowest BCUT2D eigenvalue weighted by Gasteiger charge is -2.34. The van der Waals surface area contributed by atoms with E-state index in [0.29, 0.717) is 30.5 Å². The van der Waals surface area contributed by atoms with Crippen LogP contribution in [0.2, 0.25) is 5.02 Å². The van der Waals surface area contributed by atoms with Gasteiger partial charge in [-0.3, -0.25) is 4.79 Å². The van der Waals surface area contributed by atoms with Crippen molar-refractivity contribution in [3.63, 3.8) is 0 Å². The van der Waals surface area contributed by atoms with E-state index in [1.165, 1.54) is 0 Å². The van der Waals surface area contributed by atoms with Crippen LogP contribution >= 0.6 is 11.6 Å². The van der Waals surface area contributed by atoms with Gasteiger partial charge in [-0.2, -0.15) is 0 Å². The summed E-state index contributed by atoms with van der Waals surface area (Å²) in [4.78, 5) is 25.2. The zero-order valence-electron chi connectivity index (χ0n) is 14.9. The molecular formula is C18H25ClN2O4. The second kappa shape index (κ2) is 7.95. The molecule has 0 spiro atoms. The number of ether oxygens (including phenoxy) is 2. The van der Waals surface area contributed by atoms with E-state index in [2.05, 4.69) is 0 Å². The predicted octanol–water partition coefficient (Wildman–Crippen LogP) is 3.46. The summed E-state index contributed by atoms with van der Waals surface area (Å²) < 4.78 is 11.2. The molecule has 7 heteroatoms. The van der Waals surface area contributed by atoms with E-state index in [4.69, 9.17) is 26.8 Å². The van der Waals surface area contributed by atoms with Gasteiger partial charge in [0, 0.05) is 19.0 Å². The number of primary amides is 1. The number of rotatable bonds is 4. The maximum atomic E-state index is 12.2. The molecule has 1 fully saturated rings. The molecule has 0 radical (unpaired) electrons. The number of nitrogens with zero attached hydrogens (tertiary/aromatic N) is 1. The van der Waals surface area contributed by atoms with Crippen molar-refractivity contribution in [2.24, 2.45) is 11.7 Å². The summed E-state index contributed by atoms with van der Waals surface area (Å²) >= 11 is 5.93. The minimum absolute atomic E-state index is 0.203. The molecule has 138 valence electrons. The summed E-state index contributed by atoms with van der Waals surface area (Å²) in [7, 11) is 0. The van der Waals surface area contributed by atoms with E-state index in [1.54, 1.807) is 23.1 Å². The van der Waals surface area contributed by atoms with Crippen molar-refractivity contribution in [2.75, 3.05) is 19.7 Å². The molecule has 0 aliphatic carbocycles. The summed E-state index contributed by atoms with van der Waals surface area (Å²) in [5.74, 6) is 0.144. The number of carbonyl (C=O) groups excluding carboxylic acids is 2. The smallest absolute Gasteiger partial charge is 0.410 e. The first-order valence-corrected chi connectivity index (χ1v) is 8.73. The second-order valence-electron chi connectivity index (χ2n) is 7.25. The molecule has 1 unspecified atom stereocenters. The predicted molar refractivity (Wildman–Crippen MR) is 96.0 cm³/mol. The van der Waals surface area contributed by atoms with Crippen LogP contribution in [0, 0.1) is 5.92 Å². The van der Waals surface area contributed by atoms with Crippen LogP contribution in [0.25, 0.3) is 0 Å². The van der Waals surface area contributed by atoms with Crippen LogP contribution in [0.4, 0.5) is 4.79 Å². The fourth-order valence-electron chi connectivity index (χ4n) is 2.69. The standard InChI is InChI=1S/C18H25ClN2O4/c1-18(2,3)25-17(23)21-8-4-5-12(10-21)11-24-13-6-7-15(19)14(9-13)16(20)22/h6-7,9,12H,4-5,8,10-11H2,1-3H3,(H2,20,22). The monoisotopic (exact) mass is 368 g/mol. The Bertz CT molecular complexity index is 642. The summed E-state index contributed by atoms with van der Waals surface area (Å²) in [5, 5.41) is 0.300. The summed E-state index contributed by atoms with van der Waals surface area (Å²) in [5.41, 5.74) is 5.02. The van der Waals surface area contributed by atoms with Crippen LogP contribution in [0.3, 0.4) is 0 Å². The Labute approximate surface area is 153 Å². The molecule has 2 N–H and O–H groups in total. The lowest BCUT2D eigenvalue weighted by molar-refractivity contribution is 0.0139. The average Bonchev–Trinajstić information content (AvgIpc) is 2.52. The molecule has 1 aliphatic heterocycles. The lowest BCUT2D eigenvalue weighted by Crippen LogP contribution is -2.44. The Hall–Kier alpha value is -1.95. The third-order valence-electron chi connectivity index (χ3n) is 3.86. The van der Waals surface area contributed by atoms with Gasteiger partial charge < -0.3 is 20.1 Å². The number of amides is 2. The number of piperidine rings is 1. The van der Waals surface area contributed by atoms with E-state index in [-0.39, 0.29) is 17.6 Å². The quantitative estimate of drug-likeness (QED) is 0.882. The van der Waals surface area contributed by atoms with Crippen LogP contribution in [0.5, 0.6) is 5.75 Å². The van der Waals surface area contributed by atoms with Crippen LogP contribution < -0.4 is 10.5 Å². The number of benzene rings is 1. The summed E-state index contributed by atoms with van der Waals surface area (Å²) in [6, 6.07) is 4.83. The van der Waals surface area contributed by atoms with Crippen LogP contribution in [0.15, 0.2) is 18.2 Å². The summed E-state index contributed by atoms with van der Waals surface area (Å²) in [6.45, 7) is 7.29. The SMILES string of the molecule is CC(C)(C)OC(=O)N1CCCC(COc2ccc(Cl)c(C(N)=O)c2)C1. The van der Waals surface area contributed by atoms with E-state index in [9.17, 15) is 9.59 Å². The molecular weight excluding hydrogens is 344 g/mol. The van der Waals surface area contributed by atoms with Gasteiger partial charge in [-0.25, -0.2) is 4.79 Å². The molecule has 6 nitrogen and oxygen atoms in total. The number of halogens is 1. The number of hydrogen-bond donors (Lipinski definition) is 1. The minimum Gasteiger partial charge on any atom is -0.493 e. The van der Waals surface area contributed by atoms with Gasteiger partial charge in [-0.05, 0) is 51.8 Å². The molecule has 1 aromatic rings. The van der Waals surface area contributed by atoms with Crippen LogP contribution in [-0.4, -0.2) is 42.2 Å². The van der Waals surface area contributed by atoms with Crippen molar-refractivity contribution < 1.29 is 19.1 Å². The van der Waals surface area contributed by atoms with Crippen molar-refractivity contribution >= 4 is 23.6 Å². The lowest BCUT2D eigenvalue weighted by atomic mass is 9.99. The van der Waals surface area contributed by atoms with E-state index >= 15 is 0 Å². The number of hydrogen-bond acceptors (Lipinski definition) is 4. The molecule has 1 atom stereocenters. The van der Waals surface area contributed by atoms with Gasteiger partial charge in [0.1, 0.15) is 11.4 Å². The zero-order chi connectivity index (χ0) is 18.6. The minimum atomic E-state index is -0.593. The van der Waals surface area contributed by atoms with E-state index in [1.807, 2.05) is 20.8 Å². The van der Waals surface area contributed by atoms with Gasteiger partial charge in [-0.15, -0.1) is 0 Å². The van der Waals surface area contributed by atoms with Gasteiger partial charge in [-0.1, -0.05) is 11.6 Å². The molecule has 0 aromatic heterocycles. The molecule has 1 aromatic carbocycles. The largest absolute Gasteiger partial charge is 0.493 e. The Morgan fingerprint density at radius 1 is 1.36 bits per heavy atom. The summed E-state index contributed by atoms with van der Waals surface area (Å²) in [6.07, 6.45) is 1.58. The highest BCUT2D eigenvalue weighted by molar-refractivity contribution is 6.33. The molecule has 2 rings (SSSR count). The topological polar surface area (TPSA) is 81.9 Å². The first-order chi connectivity index (χ1) is 11.7. The molecule has 25 heavy (non-hydrogen) atoms.